The molecule has 0 aromatic heterocycles. The summed E-state index contributed by atoms with van der Waals surface area (Å²) >= 11 is 0. The van der Waals surface area contributed by atoms with Crippen LogP contribution in [0.25, 0.3) is 0 Å². The summed E-state index contributed by atoms with van der Waals surface area (Å²) in [5.74, 6) is 1.67. The van der Waals surface area contributed by atoms with E-state index < -0.39 is 0 Å². The molecule has 0 saturated carbocycles. The summed E-state index contributed by atoms with van der Waals surface area (Å²) < 4.78 is 0. The second-order valence-electron chi connectivity index (χ2n) is 6.93. The van der Waals surface area contributed by atoms with Crippen LogP contribution in [0.5, 0.6) is 0 Å². The van der Waals surface area contributed by atoms with Crippen molar-refractivity contribution in [2.75, 3.05) is 26.7 Å². The topological polar surface area (TPSA) is 15.3 Å². The monoisotopic (exact) mass is 288 g/mol. The van der Waals surface area contributed by atoms with Crippen molar-refractivity contribution < 1.29 is 0 Å². The summed E-state index contributed by atoms with van der Waals surface area (Å²) in [6.45, 7) is 8.38. The lowest BCUT2D eigenvalue weighted by atomic mass is 9.89. The van der Waals surface area contributed by atoms with E-state index in [-0.39, 0.29) is 0 Å². The second-order valence-corrected chi connectivity index (χ2v) is 6.93. The van der Waals surface area contributed by atoms with E-state index >= 15 is 0 Å². The lowest BCUT2D eigenvalue weighted by Crippen LogP contribution is -2.37. The normalized spacial score (nSPS) is 19.0. The molecular formula is C19H32N2. The Balaban J connectivity index is 1.96. The summed E-state index contributed by atoms with van der Waals surface area (Å²) in [6, 6.07) is 11.7. The SMILES string of the molecule is CNCCC1CCN(C(CC(C)C)c2ccccc2)CC1. The van der Waals surface area contributed by atoms with Gasteiger partial charge in [-0.2, -0.15) is 0 Å². The van der Waals surface area contributed by atoms with Gasteiger partial charge in [-0.15, -0.1) is 0 Å². The Labute approximate surface area is 130 Å². The Morgan fingerprint density at radius 1 is 1.14 bits per heavy atom. The Morgan fingerprint density at radius 3 is 2.38 bits per heavy atom. The van der Waals surface area contributed by atoms with Crippen molar-refractivity contribution in [1.29, 1.82) is 0 Å². The van der Waals surface area contributed by atoms with Gasteiger partial charge in [-0.25, -0.2) is 0 Å². The Hall–Kier alpha value is -0.860. The molecule has 0 aliphatic carbocycles. The minimum absolute atomic E-state index is 0.608. The lowest BCUT2D eigenvalue weighted by molar-refractivity contribution is 0.115. The van der Waals surface area contributed by atoms with Gasteiger partial charge in [0.2, 0.25) is 0 Å². The quantitative estimate of drug-likeness (QED) is 0.813. The number of piperidine rings is 1. The number of nitrogens with zero attached hydrogens (tertiary/aromatic N) is 1. The van der Waals surface area contributed by atoms with Crippen LogP contribution in [-0.4, -0.2) is 31.6 Å². The number of likely N-dealkylation sites (tertiary alicyclic amines) is 1. The fraction of sp³-hybridized carbons (Fsp3) is 0.684. The molecule has 1 aliphatic heterocycles. The fourth-order valence-corrected chi connectivity index (χ4v) is 3.52. The summed E-state index contributed by atoms with van der Waals surface area (Å²) in [5, 5.41) is 3.29. The average Bonchev–Trinajstić information content (AvgIpc) is 2.52. The molecule has 1 heterocycles. The Bertz CT molecular complexity index is 380. The molecule has 1 fully saturated rings. The van der Waals surface area contributed by atoms with Crippen molar-refractivity contribution in [3.05, 3.63) is 35.9 Å². The molecule has 2 rings (SSSR count). The minimum Gasteiger partial charge on any atom is -0.320 e. The first kappa shape index (κ1) is 16.5. The van der Waals surface area contributed by atoms with Gasteiger partial charge in [0, 0.05) is 6.04 Å². The number of nitrogens with one attached hydrogen (secondary N) is 1. The molecule has 1 saturated heterocycles. The minimum atomic E-state index is 0.608. The maximum Gasteiger partial charge on any atom is 0.0350 e. The highest BCUT2D eigenvalue weighted by atomic mass is 15.2. The highest BCUT2D eigenvalue weighted by molar-refractivity contribution is 5.19. The molecule has 1 aromatic carbocycles. The van der Waals surface area contributed by atoms with Crippen molar-refractivity contribution in [2.45, 2.75) is 45.6 Å². The predicted octanol–water partition coefficient (Wildman–Crippen LogP) is 4.10. The van der Waals surface area contributed by atoms with E-state index in [1.54, 1.807) is 0 Å². The van der Waals surface area contributed by atoms with Gasteiger partial charge in [0.15, 0.2) is 0 Å². The molecule has 2 nitrogen and oxygen atoms in total. The van der Waals surface area contributed by atoms with Gasteiger partial charge in [0.1, 0.15) is 0 Å². The first-order chi connectivity index (χ1) is 10.2. The maximum atomic E-state index is 3.29. The van der Waals surface area contributed by atoms with Gasteiger partial charge in [-0.1, -0.05) is 44.2 Å². The van der Waals surface area contributed by atoms with E-state index in [0.29, 0.717) is 6.04 Å². The largest absolute Gasteiger partial charge is 0.320 e. The van der Waals surface area contributed by atoms with Gasteiger partial charge in [0.25, 0.3) is 0 Å². The van der Waals surface area contributed by atoms with Gasteiger partial charge in [-0.3, -0.25) is 4.90 Å². The van der Waals surface area contributed by atoms with Gasteiger partial charge >= 0.3 is 0 Å². The van der Waals surface area contributed by atoms with Crippen molar-refractivity contribution in [3.63, 3.8) is 0 Å². The number of hydrogen-bond acceptors (Lipinski definition) is 2. The van der Waals surface area contributed by atoms with Crippen molar-refractivity contribution >= 4 is 0 Å². The molecule has 1 aromatic rings. The van der Waals surface area contributed by atoms with Crippen LogP contribution in [-0.2, 0) is 0 Å². The first-order valence-electron chi connectivity index (χ1n) is 8.64. The van der Waals surface area contributed by atoms with Crippen LogP contribution < -0.4 is 5.32 Å². The van der Waals surface area contributed by atoms with Gasteiger partial charge < -0.3 is 5.32 Å². The van der Waals surface area contributed by atoms with E-state index in [0.717, 1.165) is 11.8 Å². The molecule has 1 aliphatic rings. The van der Waals surface area contributed by atoms with Crippen LogP contribution in [0.2, 0.25) is 0 Å². The molecule has 0 spiro atoms. The molecule has 2 heteroatoms. The molecule has 0 amide bonds. The molecule has 118 valence electrons. The lowest BCUT2D eigenvalue weighted by Gasteiger charge is -2.38. The van der Waals surface area contributed by atoms with Crippen LogP contribution in [0.15, 0.2) is 30.3 Å². The molecule has 1 N–H and O–H groups in total. The fourth-order valence-electron chi connectivity index (χ4n) is 3.52. The van der Waals surface area contributed by atoms with E-state index in [1.165, 1.54) is 50.9 Å². The van der Waals surface area contributed by atoms with Crippen molar-refractivity contribution in [3.8, 4) is 0 Å². The van der Waals surface area contributed by atoms with Crippen LogP contribution >= 0.6 is 0 Å². The zero-order valence-corrected chi connectivity index (χ0v) is 14.0. The van der Waals surface area contributed by atoms with Gasteiger partial charge in [0.05, 0.1) is 0 Å². The Kier molecular flexibility index (Phi) is 6.72. The van der Waals surface area contributed by atoms with Gasteiger partial charge in [-0.05, 0) is 69.8 Å². The van der Waals surface area contributed by atoms with E-state index in [4.69, 9.17) is 0 Å². The van der Waals surface area contributed by atoms with E-state index in [2.05, 4.69) is 61.4 Å². The number of benzene rings is 1. The maximum absolute atomic E-state index is 3.29. The van der Waals surface area contributed by atoms with E-state index in [9.17, 15) is 0 Å². The predicted molar refractivity (Wildman–Crippen MR) is 91.5 cm³/mol. The highest BCUT2D eigenvalue weighted by Crippen LogP contribution is 2.32. The summed E-state index contributed by atoms with van der Waals surface area (Å²) in [5.41, 5.74) is 1.50. The molecule has 21 heavy (non-hydrogen) atoms. The zero-order chi connectivity index (χ0) is 15.1. The number of hydrogen-bond donors (Lipinski definition) is 1. The van der Waals surface area contributed by atoms with Crippen LogP contribution in [0.1, 0.15) is 51.1 Å². The second kappa shape index (κ2) is 8.55. The molecule has 0 radical (unpaired) electrons. The molecule has 1 atom stereocenters. The Morgan fingerprint density at radius 2 is 1.81 bits per heavy atom. The average molecular weight is 288 g/mol. The molecule has 0 bridgehead atoms. The molecular weight excluding hydrogens is 256 g/mol. The van der Waals surface area contributed by atoms with E-state index in [1.807, 2.05) is 0 Å². The third-order valence-electron chi connectivity index (χ3n) is 4.77. The zero-order valence-electron chi connectivity index (χ0n) is 14.0. The highest BCUT2D eigenvalue weighted by Gasteiger charge is 2.26. The summed E-state index contributed by atoms with van der Waals surface area (Å²) in [6.07, 6.45) is 5.34. The first-order valence-corrected chi connectivity index (χ1v) is 8.64. The third kappa shape index (κ3) is 5.12. The summed E-state index contributed by atoms with van der Waals surface area (Å²) in [4.78, 5) is 2.73. The third-order valence-corrected chi connectivity index (χ3v) is 4.77. The van der Waals surface area contributed by atoms with Crippen LogP contribution in [0.3, 0.4) is 0 Å². The smallest absolute Gasteiger partial charge is 0.0350 e. The van der Waals surface area contributed by atoms with Crippen LogP contribution in [0.4, 0.5) is 0 Å². The van der Waals surface area contributed by atoms with Crippen LogP contribution in [0, 0.1) is 11.8 Å². The molecule has 1 unspecified atom stereocenters. The van der Waals surface area contributed by atoms with Crippen molar-refractivity contribution in [1.82, 2.24) is 10.2 Å². The standard InChI is InChI=1S/C19H32N2/c1-16(2)15-19(18-7-5-4-6-8-18)21-13-10-17(11-14-21)9-12-20-3/h4-8,16-17,19-20H,9-15H2,1-3H3. The van der Waals surface area contributed by atoms with Crippen molar-refractivity contribution in [2.24, 2.45) is 11.8 Å². The number of rotatable bonds is 7. The summed E-state index contributed by atoms with van der Waals surface area (Å²) in [7, 11) is 2.06.